The van der Waals surface area contributed by atoms with Crippen LogP contribution in [0.1, 0.15) is 61.8 Å². The molecule has 0 atom stereocenters. The summed E-state index contributed by atoms with van der Waals surface area (Å²) < 4.78 is 7.26. The number of rotatable bonds is 13. The van der Waals surface area contributed by atoms with E-state index in [9.17, 15) is 0 Å². The molecule has 0 saturated heterocycles. The standard InChI is InChI=1S/C31H41NOS/c1-6-8-9-11-25-13-15-28(16-14-25)29-19-20-31(26(7-2)23-29)30-18-17-27(24(3)22-30)12-10-21-32(4)34-33-5/h13-20,22-23H,6-12,21H2,1-5H3. The first-order chi connectivity index (χ1) is 16.5. The van der Waals surface area contributed by atoms with Gasteiger partial charge in [0.15, 0.2) is 0 Å². The smallest absolute Gasteiger partial charge is 0.0813 e. The maximum atomic E-state index is 5.12. The highest BCUT2D eigenvalue weighted by Gasteiger charge is 2.09. The first kappa shape index (κ1) is 26.5. The van der Waals surface area contributed by atoms with E-state index in [1.54, 1.807) is 7.11 Å². The Hall–Kier alpha value is -2.07. The van der Waals surface area contributed by atoms with E-state index in [-0.39, 0.29) is 0 Å². The summed E-state index contributed by atoms with van der Waals surface area (Å²) in [7, 11) is 3.79. The van der Waals surface area contributed by atoms with Gasteiger partial charge in [0.25, 0.3) is 0 Å². The number of hydrogen-bond acceptors (Lipinski definition) is 3. The molecule has 34 heavy (non-hydrogen) atoms. The van der Waals surface area contributed by atoms with Gasteiger partial charge < -0.3 is 4.18 Å². The number of hydrogen-bond donors (Lipinski definition) is 0. The van der Waals surface area contributed by atoms with Crippen LogP contribution in [0.4, 0.5) is 0 Å². The van der Waals surface area contributed by atoms with Crippen LogP contribution in [-0.2, 0) is 23.4 Å². The summed E-state index contributed by atoms with van der Waals surface area (Å²) in [4.78, 5) is 0. The molecule has 0 unspecified atom stereocenters. The van der Waals surface area contributed by atoms with Gasteiger partial charge in [-0.3, -0.25) is 0 Å². The Balaban J connectivity index is 1.72. The van der Waals surface area contributed by atoms with Gasteiger partial charge in [-0.2, -0.15) is 0 Å². The van der Waals surface area contributed by atoms with Crippen molar-refractivity contribution in [2.45, 2.75) is 65.7 Å². The van der Waals surface area contributed by atoms with Crippen LogP contribution in [0.25, 0.3) is 22.3 Å². The Kier molecular flexibility index (Phi) is 10.7. The molecule has 0 aliphatic rings. The summed E-state index contributed by atoms with van der Waals surface area (Å²) >= 11 is 1.41. The SMILES string of the molecule is CCCCCc1ccc(-c2ccc(-c3ccc(CCCN(C)SOC)c(C)c3)c(CC)c2)cc1. The Morgan fingerprint density at radius 3 is 2.18 bits per heavy atom. The number of benzene rings is 3. The van der Waals surface area contributed by atoms with E-state index in [1.165, 1.54) is 82.4 Å². The van der Waals surface area contributed by atoms with Crippen LogP contribution >= 0.6 is 12.2 Å². The zero-order valence-corrected chi connectivity index (χ0v) is 22.5. The van der Waals surface area contributed by atoms with Gasteiger partial charge in [0.1, 0.15) is 0 Å². The maximum Gasteiger partial charge on any atom is 0.0813 e. The van der Waals surface area contributed by atoms with E-state index in [2.05, 4.69) is 92.8 Å². The van der Waals surface area contributed by atoms with E-state index < -0.39 is 0 Å². The minimum absolute atomic E-state index is 1.01. The Morgan fingerprint density at radius 1 is 0.765 bits per heavy atom. The van der Waals surface area contributed by atoms with Crippen LogP contribution in [0.3, 0.4) is 0 Å². The van der Waals surface area contributed by atoms with Crippen molar-refractivity contribution in [3.63, 3.8) is 0 Å². The first-order valence-electron chi connectivity index (χ1n) is 12.8. The zero-order valence-electron chi connectivity index (χ0n) is 21.7. The average Bonchev–Trinajstić information content (AvgIpc) is 2.85. The fourth-order valence-corrected chi connectivity index (χ4v) is 5.05. The maximum absolute atomic E-state index is 5.12. The summed E-state index contributed by atoms with van der Waals surface area (Å²) in [5.74, 6) is 0. The fraction of sp³-hybridized carbons (Fsp3) is 0.419. The number of aryl methyl sites for hydroxylation is 4. The number of nitrogens with zero attached hydrogens (tertiary/aromatic N) is 1. The second-order valence-corrected chi connectivity index (χ2v) is 10.3. The van der Waals surface area contributed by atoms with Gasteiger partial charge in [-0.05, 0) is 90.6 Å². The van der Waals surface area contributed by atoms with Crippen LogP contribution in [-0.4, -0.2) is 25.0 Å². The van der Waals surface area contributed by atoms with Gasteiger partial charge in [-0.1, -0.05) is 87.4 Å². The second kappa shape index (κ2) is 13.7. The van der Waals surface area contributed by atoms with Crippen molar-refractivity contribution >= 4 is 12.2 Å². The van der Waals surface area contributed by atoms with Gasteiger partial charge in [0.05, 0.1) is 19.3 Å². The molecule has 0 amide bonds. The van der Waals surface area contributed by atoms with Crippen molar-refractivity contribution < 1.29 is 4.18 Å². The van der Waals surface area contributed by atoms with Crippen molar-refractivity contribution in [1.82, 2.24) is 4.31 Å². The van der Waals surface area contributed by atoms with Crippen molar-refractivity contribution in [3.8, 4) is 22.3 Å². The fourth-order valence-electron chi connectivity index (χ4n) is 4.59. The first-order valence-corrected chi connectivity index (χ1v) is 13.5. The molecule has 0 fully saturated rings. The highest BCUT2D eigenvalue weighted by atomic mass is 32.2. The molecule has 0 heterocycles. The monoisotopic (exact) mass is 475 g/mol. The lowest BCUT2D eigenvalue weighted by Gasteiger charge is -2.15. The predicted molar refractivity (Wildman–Crippen MR) is 150 cm³/mol. The second-order valence-electron chi connectivity index (χ2n) is 9.22. The molecule has 0 saturated carbocycles. The molecule has 0 bridgehead atoms. The third kappa shape index (κ3) is 7.46. The highest BCUT2D eigenvalue weighted by Crippen LogP contribution is 2.31. The molecule has 2 nitrogen and oxygen atoms in total. The van der Waals surface area contributed by atoms with Gasteiger partial charge >= 0.3 is 0 Å². The topological polar surface area (TPSA) is 12.5 Å². The summed E-state index contributed by atoms with van der Waals surface area (Å²) in [5.41, 5.74) is 11.0. The molecule has 3 heteroatoms. The van der Waals surface area contributed by atoms with Crippen molar-refractivity contribution in [2.24, 2.45) is 0 Å². The summed E-state index contributed by atoms with van der Waals surface area (Å²) in [6.07, 6.45) is 8.31. The van der Waals surface area contributed by atoms with Crippen molar-refractivity contribution in [1.29, 1.82) is 0 Å². The van der Waals surface area contributed by atoms with E-state index >= 15 is 0 Å². The third-order valence-electron chi connectivity index (χ3n) is 6.62. The molecule has 0 N–H and O–H groups in total. The minimum Gasteiger partial charge on any atom is -0.304 e. The highest BCUT2D eigenvalue weighted by molar-refractivity contribution is 7.92. The lowest BCUT2D eigenvalue weighted by Crippen LogP contribution is -2.11. The van der Waals surface area contributed by atoms with Crippen molar-refractivity contribution in [3.05, 3.63) is 82.9 Å². The molecule has 0 spiro atoms. The summed E-state index contributed by atoms with van der Waals surface area (Å²) in [6.45, 7) is 7.78. The molecule has 182 valence electrons. The zero-order chi connectivity index (χ0) is 24.3. The minimum atomic E-state index is 1.01. The van der Waals surface area contributed by atoms with Gasteiger partial charge in [-0.25, -0.2) is 4.31 Å². The molecule has 0 radical (unpaired) electrons. The molecular formula is C31H41NOS. The lowest BCUT2D eigenvalue weighted by atomic mass is 9.91. The van der Waals surface area contributed by atoms with Crippen LogP contribution in [0.2, 0.25) is 0 Å². The quantitative estimate of drug-likeness (QED) is 0.139. The molecule has 3 aromatic rings. The molecule has 0 aliphatic heterocycles. The lowest BCUT2D eigenvalue weighted by molar-refractivity contribution is 0.431. The van der Waals surface area contributed by atoms with Crippen LogP contribution < -0.4 is 0 Å². The van der Waals surface area contributed by atoms with Crippen molar-refractivity contribution in [2.75, 3.05) is 20.7 Å². The van der Waals surface area contributed by atoms with Crippen LogP contribution in [0.15, 0.2) is 60.7 Å². The van der Waals surface area contributed by atoms with E-state index in [0.717, 1.165) is 25.8 Å². The van der Waals surface area contributed by atoms with Crippen LogP contribution in [0, 0.1) is 6.92 Å². The predicted octanol–water partition coefficient (Wildman–Crippen LogP) is 8.70. The molecule has 0 aromatic heterocycles. The van der Waals surface area contributed by atoms with E-state index in [4.69, 9.17) is 4.18 Å². The summed E-state index contributed by atoms with van der Waals surface area (Å²) in [6, 6.07) is 23.1. The van der Waals surface area contributed by atoms with E-state index in [0.29, 0.717) is 0 Å². The molecule has 3 aromatic carbocycles. The Bertz CT molecular complexity index is 1030. The Morgan fingerprint density at radius 2 is 1.50 bits per heavy atom. The normalized spacial score (nSPS) is 11.4. The van der Waals surface area contributed by atoms with E-state index in [1.807, 2.05) is 0 Å². The third-order valence-corrected chi connectivity index (χ3v) is 7.20. The van der Waals surface area contributed by atoms with Gasteiger partial charge in [-0.15, -0.1) is 0 Å². The Labute approximate surface area is 212 Å². The summed E-state index contributed by atoms with van der Waals surface area (Å²) in [5, 5.41) is 0. The molecule has 0 aliphatic carbocycles. The molecule has 3 rings (SSSR count). The van der Waals surface area contributed by atoms with Gasteiger partial charge in [0, 0.05) is 6.54 Å². The van der Waals surface area contributed by atoms with Crippen LogP contribution in [0.5, 0.6) is 0 Å². The van der Waals surface area contributed by atoms with Gasteiger partial charge in [0.2, 0.25) is 0 Å². The number of unbranched alkanes of at least 4 members (excludes halogenated alkanes) is 2. The largest absolute Gasteiger partial charge is 0.304 e. The molecular weight excluding hydrogens is 434 g/mol. The average molecular weight is 476 g/mol.